The van der Waals surface area contributed by atoms with Crippen molar-refractivity contribution in [1.82, 2.24) is 0 Å². The lowest BCUT2D eigenvalue weighted by Crippen LogP contribution is -2.14. The summed E-state index contributed by atoms with van der Waals surface area (Å²) < 4.78 is 11.8. The van der Waals surface area contributed by atoms with Gasteiger partial charge < -0.3 is 15.2 Å². The number of nitrogens with two attached hydrogens (primary N) is 1. The molecule has 112 valence electrons. The summed E-state index contributed by atoms with van der Waals surface area (Å²) in [6, 6.07) is 13.8. The lowest BCUT2D eigenvalue weighted by Gasteiger charge is -2.16. The van der Waals surface area contributed by atoms with Crippen LogP contribution in [0.25, 0.3) is 0 Å². The Balaban J connectivity index is 2.18. The predicted octanol–water partition coefficient (Wildman–Crippen LogP) is 4.10. The second kappa shape index (κ2) is 7.48. The fourth-order valence-electron chi connectivity index (χ4n) is 2.28. The van der Waals surface area contributed by atoms with E-state index in [1.165, 1.54) is 0 Å². The van der Waals surface area contributed by atoms with E-state index in [1.807, 2.05) is 49.4 Å². The van der Waals surface area contributed by atoms with Gasteiger partial charge in [0, 0.05) is 10.5 Å². The minimum atomic E-state index is -0.105. The highest BCUT2D eigenvalue weighted by Gasteiger charge is 2.13. The lowest BCUT2D eigenvalue weighted by atomic mass is 9.99. The first-order valence-electron chi connectivity index (χ1n) is 6.95. The Morgan fingerprint density at radius 3 is 2.62 bits per heavy atom. The second-order valence-electron chi connectivity index (χ2n) is 4.74. The molecule has 0 saturated carbocycles. The molecule has 1 atom stereocenters. The molecule has 2 rings (SSSR count). The molecule has 0 aliphatic heterocycles. The third-order valence-corrected chi connectivity index (χ3v) is 4.00. The molecule has 0 heterocycles. The second-order valence-corrected chi connectivity index (χ2v) is 5.59. The Morgan fingerprint density at radius 1 is 1.19 bits per heavy atom. The Morgan fingerprint density at radius 2 is 1.95 bits per heavy atom. The summed E-state index contributed by atoms with van der Waals surface area (Å²) in [6.45, 7) is 2.62. The Labute approximate surface area is 134 Å². The number of hydrogen-bond acceptors (Lipinski definition) is 3. The summed E-state index contributed by atoms with van der Waals surface area (Å²) in [7, 11) is 1.68. The van der Waals surface area contributed by atoms with E-state index in [1.54, 1.807) is 7.11 Å². The van der Waals surface area contributed by atoms with E-state index >= 15 is 0 Å². The van der Waals surface area contributed by atoms with Gasteiger partial charge in [0.1, 0.15) is 11.5 Å². The predicted molar refractivity (Wildman–Crippen MR) is 88.9 cm³/mol. The minimum Gasteiger partial charge on any atom is -0.496 e. The van der Waals surface area contributed by atoms with Crippen LogP contribution in [0.2, 0.25) is 0 Å². The van der Waals surface area contributed by atoms with Gasteiger partial charge in [0.05, 0.1) is 13.7 Å². The highest BCUT2D eigenvalue weighted by atomic mass is 79.9. The Hall–Kier alpha value is -1.52. The van der Waals surface area contributed by atoms with Crippen molar-refractivity contribution in [2.45, 2.75) is 19.4 Å². The molecule has 0 aliphatic rings. The zero-order chi connectivity index (χ0) is 15.2. The van der Waals surface area contributed by atoms with Crippen LogP contribution in [0.1, 0.15) is 24.1 Å². The Kier molecular flexibility index (Phi) is 5.65. The Bertz CT molecular complexity index is 601. The minimum absolute atomic E-state index is 0.105. The van der Waals surface area contributed by atoms with Crippen LogP contribution in [-0.4, -0.2) is 13.7 Å². The maximum atomic E-state index is 6.35. The highest BCUT2D eigenvalue weighted by Crippen LogP contribution is 2.30. The quantitative estimate of drug-likeness (QED) is 0.853. The van der Waals surface area contributed by atoms with E-state index in [4.69, 9.17) is 15.2 Å². The maximum absolute atomic E-state index is 6.35. The van der Waals surface area contributed by atoms with E-state index in [0.717, 1.165) is 33.5 Å². The average Bonchev–Trinajstić information content (AvgIpc) is 2.48. The molecule has 0 radical (unpaired) electrons. The summed E-state index contributed by atoms with van der Waals surface area (Å²) >= 11 is 3.58. The SMILES string of the molecule is CCOc1ccc(C(N)Cc2ccccc2OC)c(Br)c1. The van der Waals surface area contributed by atoms with Crippen molar-refractivity contribution in [2.75, 3.05) is 13.7 Å². The number of methoxy groups -OCH3 is 1. The molecule has 3 nitrogen and oxygen atoms in total. The summed E-state index contributed by atoms with van der Waals surface area (Å²) in [4.78, 5) is 0. The highest BCUT2D eigenvalue weighted by molar-refractivity contribution is 9.10. The van der Waals surface area contributed by atoms with Crippen LogP contribution in [0.15, 0.2) is 46.9 Å². The lowest BCUT2D eigenvalue weighted by molar-refractivity contribution is 0.340. The summed E-state index contributed by atoms with van der Waals surface area (Å²) in [6.07, 6.45) is 0.719. The first-order chi connectivity index (χ1) is 10.2. The van der Waals surface area contributed by atoms with Gasteiger partial charge in [-0.15, -0.1) is 0 Å². The van der Waals surface area contributed by atoms with Crippen LogP contribution < -0.4 is 15.2 Å². The van der Waals surface area contributed by atoms with Crippen LogP contribution in [0.5, 0.6) is 11.5 Å². The van der Waals surface area contributed by atoms with Gasteiger partial charge in [0.2, 0.25) is 0 Å². The van der Waals surface area contributed by atoms with Crippen LogP contribution >= 0.6 is 15.9 Å². The third kappa shape index (κ3) is 3.99. The molecule has 2 aromatic rings. The molecule has 0 bridgehead atoms. The molecule has 2 N–H and O–H groups in total. The molecule has 1 unspecified atom stereocenters. The molecule has 4 heteroatoms. The van der Waals surface area contributed by atoms with Crippen LogP contribution in [0.3, 0.4) is 0 Å². The third-order valence-electron chi connectivity index (χ3n) is 3.31. The number of benzene rings is 2. The maximum Gasteiger partial charge on any atom is 0.122 e. The molecule has 0 aliphatic carbocycles. The number of para-hydroxylation sites is 1. The van der Waals surface area contributed by atoms with Crippen molar-refractivity contribution in [2.24, 2.45) is 5.73 Å². The van der Waals surface area contributed by atoms with Crippen molar-refractivity contribution >= 4 is 15.9 Å². The number of hydrogen-bond donors (Lipinski definition) is 1. The van der Waals surface area contributed by atoms with E-state index in [9.17, 15) is 0 Å². The monoisotopic (exact) mass is 349 g/mol. The van der Waals surface area contributed by atoms with E-state index < -0.39 is 0 Å². The summed E-state index contributed by atoms with van der Waals surface area (Å²) in [5.74, 6) is 1.72. The van der Waals surface area contributed by atoms with E-state index in [-0.39, 0.29) is 6.04 Å². The summed E-state index contributed by atoms with van der Waals surface area (Å²) in [5, 5.41) is 0. The van der Waals surface area contributed by atoms with Gasteiger partial charge in [-0.05, 0) is 42.7 Å². The molecule has 2 aromatic carbocycles. The molecular weight excluding hydrogens is 330 g/mol. The van der Waals surface area contributed by atoms with Gasteiger partial charge in [-0.1, -0.05) is 40.2 Å². The average molecular weight is 350 g/mol. The van der Waals surface area contributed by atoms with Crippen molar-refractivity contribution in [3.8, 4) is 11.5 Å². The van der Waals surface area contributed by atoms with Crippen LogP contribution in [-0.2, 0) is 6.42 Å². The van der Waals surface area contributed by atoms with Gasteiger partial charge in [-0.2, -0.15) is 0 Å². The zero-order valence-corrected chi connectivity index (χ0v) is 13.9. The fourth-order valence-corrected chi connectivity index (χ4v) is 2.94. The van der Waals surface area contributed by atoms with Crippen molar-refractivity contribution in [1.29, 1.82) is 0 Å². The normalized spacial score (nSPS) is 12.0. The largest absolute Gasteiger partial charge is 0.496 e. The summed E-state index contributed by atoms with van der Waals surface area (Å²) in [5.41, 5.74) is 8.51. The zero-order valence-electron chi connectivity index (χ0n) is 12.3. The van der Waals surface area contributed by atoms with Crippen molar-refractivity contribution < 1.29 is 9.47 Å². The smallest absolute Gasteiger partial charge is 0.122 e. The molecule has 0 fully saturated rings. The topological polar surface area (TPSA) is 44.5 Å². The molecule has 0 saturated heterocycles. The number of ether oxygens (including phenoxy) is 2. The van der Waals surface area contributed by atoms with Gasteiger partial charge >= 0.3 is 0 Å². The first-order valence-corrected chi connectivity index (χ1v) is 7.74. The van der Waals surface area contributed by atoms with Crippen molar-refractivity contribution in [3.63, 3.8) is 0 Å². The van der Waals surface area contributed by atoms with Gasteiger partial charge in [-0.25, -0.2) is 0 Å². The number of rotatable bonds is 6. The van der Waals surface area contributed by atoms with Crippen LogP contribution in [0.4, 0.5) is 0 Å². The van der Waals surface area contributed by atoms with Gasteiger partial charge in [-0.3, -0.25) is 0 Å². The van der Waals surface area contributed by atoms with Crippen LogP contribution in [0, 0.1) is 0 Å². The molecule has 0 spiro atoms. The first kappa shape index (κ1) is 15.9. The molecule has 21 heavy (non-hydrogen) atoms. The molecule has 0 aromatic heterocycles. The standard InChI is InChI=1S/C17H20BrNO2/c1-3-21-13-8-9-14(15(18)11-13)16(19)10-12-6-4-5-7-17(12)20-2/h4-9,11,16H,3,10,19H2,1-2H3. The van der Waals surface area contributed by atoms with Gasteiger partial charge in [0.25, 0.3) is 0 Å². The van der Waals surface area contributed by atoms with Gasteiger partial charge in [0.15, 0.2) is 0 Å². The molecular formula is C17H20BrNO2. The van der Waals surface area contributed by atoms with E-state index in [0.29, 0.717) is 6.61 Å². The van der Waals surface area contributed by atoms with Crippen molar-refractivity contribution in [3.05, 3.63) is 58.1 Å². The number of halogens is 1. The fraction of sp³-hybridized carbons (Fsp3) is 0.294. The van der Waals surface area contributed by atoms with E-state index in [2.05, 4.69) is 15.9 Å². The molecule has 0 amide bonds.